The number of para-hydroxylation sites is 1. The smallest absolute Gasteiger partial charge is 0.292 e. The van der Waals surface area contributed by atoms with Crippen LogP contribution in [0, 0.1) is 15.9 Å². The van der Waals surface area contributed by atoms with Crippen LogP contribution < -0.4 is 10.6 Å². The topological polar surface area (TPSA) is 84.3 Å². The minimum atomic E-state index is -0.681. The van der Waals surface area contributed by atoms with Gasteiger partial charge in [0.1, 0.15) is 11.5 Å². The van der Waals surface area contributed by atoms with E-state index in [0.29, 0.717) is 0 Å². The first-order valence-corrected chi connectivity index (χ1v) is 6.09. The largest absolute Gasteiger partial charge is 0.376 e. The molecule has 0 radical (unpaired) electrons. The fourth-order valence-electron chi connectivity index (χ4n) is 1.70. The van der Waals surface area contributed by atoms with E-state index in [9.17, 15) is 19.3 Å². The quantitative estimate of drug-likeness (QED) is 0.654. The number of amides is 1. The zero-order chi connectivity index (χ0) is 15.2. The molecule has 2 aromatic carbocycles. The highest BCUT2D eigenvalue weighted by atomic mass is 19.1. The van der Waals surface area contributed by atoms with E-state index in [1.54, 1.807) is 24.3 Å². The van der Waals surface area contributed by atoms with Gasteiger partial charge < -0.3 is 10.6 Å². The van der Waals surface area contributed by atoms with Crippen molar-refractivity contribution in [2.75, 3.05) is 17.2 Å². The van der Waals surface area contributed by atoms with Crippen molar-refractivity contribution in [3.8, 4) is 0 Å². The number of rotatable bonds is 5. The molecule has 2 rings (SSSR count). The van der Waals surface area contributed by atoms with E-state index >= 15 is 0 Å². The number of carbonyl (C=O) groups excluding carboxylic acids is 1. The van der Waals surface area contributed by atoms with E-state index in [1.807, 2.05) is 6.07 Å². The molecule has 0 spiro atoms. The van der Waals surface area contributed by atoms with Crippen LogP contribution in [0.1, 0.15) is 0 Å². The van der Waals surface area contributed by atoms with Crippen LogP contribution in [-0.2, 0) is 4.79 Å². The van der Waals surface area contributed by atoms with Crippen molar-refractivity contribution in [2.24, 2.45) is 0 Å². The molecule has 108 valence electrons. The molecule has 0 unspecified atom stereocenters. The van der Waals surface area contributed by atoms with Crippen LogP contribution in [-0.4, -0.2) is 17.4 Å². The van der Waals surface area contributed by atoms with Crippen molar-refractivity contribution in [1.29, 1.82) is 0 Å². The van der Waals surface area contributed by atoms with Crippen molar-refractivity contribution < 1.29 is 14.1 Å². The lowest BCUT2D eigenvalue weighted by Gasteiger charge is -2.08. The van der Waals surface area contributed by atoms with Gasteiger partial charge in [-0.15, -0.1) is 0 Å². The highest BCUT2D eigenvalue weighted by Gasteiger charge is 2.16. The van der Waals surface area contributed by atoms with Crippen LogP contribution in [0.5, 0.6) is 0 Å². The summed E-state index contributed by atoms with van der Waals surface area (Å²) in [6.07, 6.45) is 0. The Bertz CT molecular complexity index is 662. The molecule has 0 aliphatic carbocycles. The Morgan fingerprint density at radius 3 is 2.57 bits per heavy atom. The first kappa shape index (κ1) is 14.4. The van der Waals surface area contributed by atoms with E-state index < -0.39 is 16.6 Å². The second kappa shape index (κ2) is 6.47. The monoisotopic (exact) mass is 289 g/mol. The SMILES string of the molecule is O=C(CNc1ccccc1)Nc1cc(F)ccc1[N+](=O)[O-]. The van der Waals surface area contributed by atoms with Crippen molar-refractivity contribution in [3.63, 3.8) is 0 Å². The summed E-state index contributed by atoms with van der Waals surface area (Å²) in [6, 6.07) is 11.9. The Hall–Kier alpha value is -2.96. The van der Waals surface area contributed by atoms with E-state index in [0.717, 1.165) is 23.9 Å². The third-order valence-corrected chi connectivity index (χ3v) is 2.66. The van der Waals surface area contributed by atoms with E-state index in [-0.39, 0.29) is 17.9 Å². The third-order valence-electron chi connectivity index (χ3n) is 2.66. The Balaban J connectivity index is 2.02. The molecular weight excluding hydrogens is 277 g/mol. The molecule has 0 aliphatic rings. The van der Waals surface area contributed by atoms with E-state index in [2.05, 4.69) is 10.6 Å². The molecule has 0 saturated carbocycles. The summed E-state index contributed by atoms with van der Waals surface area (Å²) in [5.41, 5.74) is 0.214. The first-order valence-electron chi connectivity index (χ1n) is 6.09. The normalized spacial score (nSPS) is 9.95. The summed E-state index contributed by atoms with van der Waals surface area (Å²) in [5.74, 6) is -1.17. The highest BCUT2D eigenvalue weighted by molar-refractivity contribution is 5.95. The Morgan fingerprint density at radius 1 is 1.19 bits per heavy atom. The van der Waals surface area contributed by atoms with Gasteiger partial charge in [0.2, 0.25) is 5.91 Å². The molecule has 1 amide bonds. The predicted octanol–water partition coefficient (Wildman–Crippen LogP) is 2.78. The molecule has 0 saturated heterocycles. The van der Waals surface area contributed by atoms with Gasteiger partial charge in [-0.25, -0.2) is 4.39 Å². The average molecular weight is 289 g/mol. The summed E-state index contributed by atoms with van der Waals surface area (Å²) < 4.78 is 13.1. The molecule has 7 heteroatoms. The van der Waals surface area contributed by atoms with Crippen LogP contribution in [0.4, 0.5) is 21.5 Å². The zero-order valence-electron chi connectivity index (χ0n) is 10.9. The lowest BCUT2D eigenvalue weighted by Crippen LogP contribution is -2.22. The number of hydrogen-bond donors (Lipinski definition) is 2. The second-order valence-corrected chi connectivity index (χ2v) is 4.19. The zero-order valence-corrected chi connectivity index (χ0v) is 10.9. The summed E-state index contributed by atoms with van der Waals surface area (Å²) in [7, 11) is 0. The number of carbonyl (C=O) groups is 1. The van der Waals surface area contributed by atoms with Crippen LogP contribution >= 0.6 is 0 Å². The van der Waals surface area contributed by atoms with Gasteiger partial charge in [0.15, 0.2) is 0 Å². The molecule has 2 N–H and O–H groups in total. The fraction of sp³-hybridized carbons (Fsp3) is 0.0714. The van der Waals surface area contributed by atoms with Gasteiger partial charge >= 0.3 is 0 Å². The number of hydrogen-bond acceptors (Lipinski definition) is 4. The molecule has 21 heavy (non-hydrogen) atoms. The molecule has 0 atom stereocenters. The van der Waals surface area contributed by atoms with E-state index in [4.69, 9.17) is 0 Å². The standard InChI is InChI=1S/C14H12FN3O3/c15-10-6-7-13(18(20)21)12(8-10)17-14(19)9-16-11-4-2-1-3-5-11/h1-8,16H,9H2,(H,17,19). The number of anilines is 2. The predicted molar refractivity (Wildman–Crippen MR) is 76.6 cm³/mol. The lowest BCUT2D eigenvalue weighted by atomic mass is 10.2. The second-order valence-electron chi connectivity index (χ2n) is 4.19. The summed E-state index contributed by atoms with van der Waals surface area (Å²) in [6.45, 7) is -0.0856. The molecule has 2 aromatic rings. The maximum Gasteiger partial charge on any atom is 0.292 e. The summed E-state index contributed by atoms with van der Waals surface area (Å²) in [5, 5.41) is 16.0. The van der Waals surface area contributed by atoms with Gasteiger partial charge in [-0.05, 0) is 18.2 Å². The highest BCUT2D eigenvalue weighted by Crippen LogP contribution is 2.24. The van der Waals surface area contributed by atoms with Gasteiger partial charge in [-0.1, -0.05) is 18.2 Å². The van der Waals surface area contributed by atoms with Crippen molar-refractivity contribution in [2.45, 2.75) is 0 Å². The van der Waals surface area contributed by atoms with Crippen LogP contribution in [0.15, 0.2) is 48.5 Å². The maximum atomic E-state index is 13.1. The summed E-state index contributed by atoms with van der Waals surface area (Å²) >= 11 is 0. The number of nitro benzene ring substituents is 1. The van der Waals surface area contributed by atoms with Gasteiger partial charge in [0.25, 0.3) is 5.69 Å². The molecule has 0 fully saturated rings. The Morgan fingerprint density at radius 2 is 1.90 bits per heavy atom. The van der Waals surface area contributed by atoms with Gasteiger partial charge in [-0.3, -0.25) is 14.9 Å². The summed E-state index contributed by atoms with van der Waals surface area (Å²) in [4.78, 5) is 21.9. The number of halogens is 1. The molecule has 0 aromatic heterocycles. The number of nitrogens with zero attached hydrogens (tertiary/aromatic N) is 1. The molecule has 0 aliphatic heterocycles. The average Bonchev–Trinajstić information content (AvgIpc) is 2.46. The van der Waals surface area contributed by atoms with Crippen molar-refractivity contribution >= 4 is 23.0 Å². The van der Waals surface area contributed by atoms with Gasteiger partial charge in [-0.2, -0.15) is 0 Å². The Labute approximate surface area is 119 Å². The number of benzene rings is 2. The minimum absolute atomic E-state index is 0.0856. The Kier molecular flexibility index (Phi) is 4.45. The van der Waals surface area contributed by atoms with Gasteiger partial charge in [0.05, 0.1) is 11.5 Å². The molecule has 0 bridgehead atoms. The first-order chi connectivity index (χ1) is 10.1. The maximum absolute atomic E-state index is 13.1. The van der Waals surface area contributed by atoms with Crippen LogP contribution in [0.2, 0.25) is 0 Å². The minimum Gasteiger partial charge on any atom is -0.376 e. The number of nitro groups is 1. The molecular formula is C14H12FN3O3. The van der Waals surface area contributed by atoms with Crippen molar-refractivity contribution in [3.05, 3.63) is 64.5 Å². The van der Waals surface area contributed by atoms with Crippen LogP contribution in [0.3, 0.4) is 0 Å². The lowest BCUT2D eigenvalue weighted by molar-refractivity contribution is -0.384. The van der Waals surface area contributed by atoms with Gasteiger partial charge in [0, 0.05) is 17.8 Å². The van der Waals surface area contributed by atoms with Crippen LogP contribution in [0.25, 0.3) is 0 Å². The third kappa shape index (κ3) is 4.00. The fourth-order valence-corrected chi connectivity index (χ4v) is 1.70. The molecule has 0 heterocycles. The number of nitrogens with one attached hydrogen (secondary N) is 2. The van der Waals surface area contributed by atoms with Crippen molar-refractivity contribution in [1.82, 2.24) is 0 Å². The van der Waals surface area contributed by atoms with E-state index in [1.165, 1.54) is 0 Å². The molecule has 6 nitrogen and oxygen atoms in total.